The van der Waals surface area contributed by atoms with E-state index in [4.69, 9.17) is 11.2 Å². The number of hydrogen-bond donors (Lipinski definition) is 0. The normalized spacial score (nSPS) is 18.9. The van der Waals surface area contributed by atoms with Crippen molar-refractivity contribution < 1.29 is 4.74 Å². The Morgan fingerprint density at radius 3 is 2.04 bits per heavy atom. The quantitative estimate of drug-likeness (QED) is 0.313. The minimum absolute atomic E-state index is 0.460. The van der Waals surface area contributed by atoms with Gasteiger partial charge in [-0.25, -0.2) is 0 Å². The number of rotatable bonds is 14. The van der Waals surface area contributed by atoms with Gasteiger partial charge in [0.1, 0.15) is 0 Å². The van der Waals surface area contributed by atoms with Gasteiger partial charge in [0, 0.05) is 19.0 Å². The van der Waals surface area contributed by atoms with E-state index >= 15 is 0 Å². The predicted octanol–water partition coefficient (Wildman–Crippen LogP) is 5.41. The third kappa shape index (κ3) is 10.8. The van der Waals surface area contributed by atoms with E-state index in [1.54, 1.807) is 0 Å². The van der Waals surface area contributed by atoms with Crippen molar-refractivity contribution in [2.45, 2.75) is 96.4 Å². The van der Waals surface area contributed by atoms with Crippen LogP contribution in [0.1, 0.15) is 90.4 Å². The Hall–Kier alpha value is -0.520. The van der Waals surface area contributed by atoms with Gasteiger partial charge in [0.2, 0.25) is 0 Å². The second kappa shape index (κ2) is 15.0. The molecule has 1 heterocycles. The van der Waals surface area contributed by atoms with Crippen LogP contribution in [0.5, 0.6) is 0 Å². The van der Waals surface area contributed by atoms with Crippen molar-refractivity contribution >= 4 is 0 Å². The van der Waals surface area contributed by atoms with Gasteiger partial charge in [-0.3, -0.25) is 4.90 Å². The Bertz CT molecular complexity index is 297. The zero-order valence-corrected chi connectivity index (χ0v) is 15.5. The molecule has 0 N–H and O–H groups in total. The number of unbranched alkanes of at least 4 members (excludes halogenated alkanes) is 11. The Balaban J connectivity index is 1.86. The van der Waals surface area contributed by atoms with E-state index in [1.165, 1.54) is 83.6 Å². The summed E-state index contributed by atoms with van der Waals surface area (Å²) in [5.74, 6) is 2.79. The first-order valence-electron chi connectivity index (χ1n) is 10.1. The molecule has 0 bridgehead atoms. The molecule has 0 aromatic rings. The number of nitrogens with zero attached hydrogens (tertiary/aromatic N) is 1. The summed E-state index contributed by atoms with van der Waals surface area (Å²) in [4.78, 5) is 2.54. The Kier molecular flexibility index (Phi) is 13.4. The molecular weight excluding hydrogens is 282 g/mol. The van der Waals surface area contributed by atoms with Crippen LogP contribution >= 0.6 is 0 Å². The van der Waals surface area contributed by atoms with Crippen molar-refractivity contribution in [1.82, 2.24) is 4.90 Å². The third-order valence-corrected chi connectivity index (χ3v) is 5.00. The van der Waals surface area contributed by atoms with Crippen molar-refractivity contribution in [3.63, 3.8) is 0 Å². The molecule has 0 spiro atoms. The van der Waals surface area contributed by atoms with Crippen LogP contribution in [-0.2, 0) is 4.74 Å². The third-order valence-electron chi connectivity index (χ3n) is 5.00. The van der Waals surface area contributed by atoms with Crippen molar-refractivity contribution in [2.24, 2.45) is 0 Å². The van der Waals surface area contributed by atoms with Gasteiger partial charge in [-0.2, -0.15) is 0 Å². The lowest BCUT2D eigenvalue weighted by atomic mass is 10.0. The van der Waals surface area contributed by atoms with Crippen LogP contribution in [0.15, 0.2) is 0 Å². The Morgan fingerprint density at radius 2 is 1.48 bits per heavy atom. The van der Waals surface area contributed by atoms with Crippen molar-refractivity contribution in [3.05, 3.63) is 0 Å². The second-order valence-corrected chi connectivity index (χ2v) is 7.06. The first-order chi connectivity index (χ1) is 11.4. The fourth-order valence-electron chi connectivity index (χ4n) is 3.46. The summed E-state index contributed by atoms with van der Waals surface area (Å²) in [6, 6.07) is 0.460. The predicted molar refractivity (Wildman–Crippen MR) is 101 cm³/mol. The number of ether oxygens (including phenoxy) is 1. The van der Waals surface area contributed by atoms with E-state index in [0.717, 1.165) is 26.2 Å². The molecule has 1 aliphatic heterocycles. The molecule has 0 aromatic carbocycles. The maximum atomic E-state index is 5.54. The van der Waals surface area contributed by atoms with Gasteiger partial charge in [-0.1, -0.05) is 77.6 Å². The van der Waals surface area contributed by atoms with Crippen LogP contribution in [0, 0.1) is 12.3 Å². The zero-order valence-electron chi connectivity index (χ0n) is 15.5. The maximum absolute atomic E-state index is 5.54. The minimum Gasteiger partial charge on any atom is -0.378 e. The van der Waals surface area contributed by atoms with Gasteiger partial charge in [0.15, 0.2) is 0 Å². The van der Waals surface area contributed by atoms with Crippen LogP contribution in [0.25, 0.3) is 0 Å². The monoisotopic (exact) mass is 321 g/mol. The van der Waals surface area contributed by atoms with E-state index < -0.39 is 0 Å². The van der Waals surface area contributed by atoms with E-state index in [0.29, 0.717) is 6.04 Å². The highest BCUT2D eigenvalue weighted by molar-refractivity contribution is 4.91. The van der Waals surface area contributed by atoms with Gasteiger partial charge in [-0.15, -0.1) is 12.3 Å². The average Bonchev–Trinajstić information content (AvgIpc) is 2.57. The zero-order chi connectivity index (χ0) is 16.6. The lowest BCUT2D eigenvalue weighted by Gasteiger charge is -2.34. The molecule has 1 rings (SSSR count). The molecular formula is C21H39NO. The molecule has 0 aromatic heterocycles. The van der Waals surface area contributed by atoms with Gasteiger partial charge in [0.25, 0.3) is 0 Å². The number of morpholine rings is 1. The van der Waals surface area contributed by atoms with Crippen molar-refractivity contribution in [3.8, 4) is 12.3 Å². The smallest absolute Gasteiger partial charge is 0.0631 e. The molecule has 0 aliphatic carbocycles. The van der Waals surface area contributed by atoms with Crippen LogP contribution < -0.4 is 0 Å². The van der Waals surface area contributed by atoms with Crippen molar-refractivity contribution in [1.29, 1.82) is 0 Å². The van der Waals surface area contributed by atoms with Crippen LogP contribution in [0.3, 0.4) is 0 Å². The van der Waals surface area contributed by atoms with Crippen LogP contribution in [-0.4, -0.2) is 37.2 Å². The largest absolute Gasteiger partial charge is 0.378 e. The maximum Gasteiger partial charge on any atom is 0.0631 e. The van der Waals surface area contributed by atoms with E-state index in [-0.39, 0.29) is 0 Å². The first kappa shape index (κ1) is 20.5. The highest BCUT2D eigenvalue weighted by Gasteiger charge is 2.21. The summed E-state index contributed by atoms with van der Waals surface area (Å²) in [6.07, 6.45) is 23.3. The summed E-state index contributed by atoms with van der Waals surface area (Å²) < 4.78 is 5.54. The molecule has 0 saturated carbocycles. The lowest BCUT2D eigenvalue weighted by Crippen LogP contribution is -2.45. The first-order valence-corrected chi connectivity index (χ1v) is 10.1. The molecule has 0 radical (unpaired) electrons. The van der Waals surface area contributed by atoms with Crippen LogP contribution in [0.2, 0.25) is 0 Å². The molecule has 0 amide bonds. The van der Waals surface area contributed by atoms with Gasteiger partial charge in [-0.05, 0) is 13.0 Å². The van der Waals surface area contributed by atoms with Crippen molar-refractivity contribution in [2.75, 3.05) is 26.3 Å². The summed E-state index contributed by atoms with van der Waals surface area (Å²) in [5.41, 5.74) is 0. The molecule has 1 aliphatic rings. The van der Waals surface area contributed by atoms with E-state index in [2.05, 4.69) is 17.7 Å². The molecule has 1 unspecified atom stereocenters. The lowest BCUT2D eigenvalue weighted by molar-refractivity contribution is -0.00599. The Morgan fingerprint density at radius 1 is 0.913 bits per heavy atom. The Labute approximate surface area is 145 Å². The summed E-state index contributed by atoms with van der Waals surface area (Å²) in [6.45, 7) is 6.24. The summed E-state index contributed by atoms with van der Waals surface area (Å²) >= 11 is 0. The summed E-state index contributed by atoms with van der Waals surface area (Å²) in [5, 5.41) is 0. The minimum atomic E-state index is 0.460. The average molecular weight is 322 g/mol. The molecule has 2 nitrogen and oxygen atoms in total. The number of hydrogen-bond acceptors (Lipinski definition) is 2. The van der Waals surface area contributed by atoms with E-state index in [9.17, 15) is 0 Å². The van der Waals surface area contributed by atoms with Gasteiger partial charge >= 0.3 is 0 Å². The summed E-state index contributed by atoms with van der Waals surface area (Å²) in [7, 11) is 0. The molecule has 1 fully saturated rings. The van der Waals surface area contributed by atoms with Gasteiger partial charge in [0.05, 0.1) is 13.2 Å². The molecule has 1 atom stereocenters. The molecule has 134 valence electrons. The fraction of sp³-hybridized carbons (Fsp3) is 0.905. The van der Waals surface area contributed by atoms with Gasteiger partial charge < -0.3 is 4.74 Å². The van der Waals surface area contributed by atoms with Crippen LogP contribution in [0.4, 0.5) is 0 Å². The second-order valence-electron chi connectivity index (χ2n) is 7.06. The fourth-order valence-corrected chi connectivity index (χ4v) is 3.46. The topological polar surface area (TPSA) is 12.5 Å². The molecule has 2 heteroatoms. The SMILES string of the molecule is C#CCC1COCCN1CCCCCCCCCCCCCC. The molecule has 1 saturated heterocycles. The highest BCUT2D eigenvalue weighted by Crippen LogP contribution is 2.14. The highest BCUT2D eigenvalue weighted by atomic mass is 16.5. The molecule has 23 heavy (non-hydrogen) atoms. The standard InChI is InChI=1S/C21H39NO/c1-3-5-6-7-8-9-10-11-12-13-14-15-17-22-18-19-23-20-21(22)16-4-2/h2,21H,3,5-20H2,1H3. The van der Waals surface area contributed by atoms with E-state index in [1.807, 2.05) is 0 Å². The number of terminal acetylenes is 1.